The van der Waals surface area contributed by atoms with E-state index in [0.717, 1.165) is 16.8 Å². The quantitative estimate of drug-likeness (QED) is 0.886. The third-order valence-electron chi connectivity index (χ3n) is 3.50. The normalized spacial score (nSPS) is 10.7. The summed E-state index contributed by atoms with van der Waals surface area (Å²) in [6.07, 6.45) is 3.09. The highest BCUT2D eigenvalue weighted by Crippen LogP contribution is 2.24. The smallest absolute Gasteiger partial charge is 0.254 e. The lowest BCUT2D eigenvalue weighted by molar-refractivity contribution is 0.0948. The molecule has 0 fully saturated rings. The summed E-state index contributed by atoms with van der Waals surface area (Å²) < 4.78 is 0. The Balaban J connectivity index is 2.10. The fourth-order valence-corrected chi connectivity index (χ4v) is 2.40. The monoisotopic (exact) mass is 312 g/mol. The number of amides is 1. The first-order valence-corrected chi connectivity index (χ1v) is 7.82. The zero-order valence-corrected chi connectivity index (χ0v) is 14.4. The van der Waals surface area contributed by atoms with Crippen LogP contribution in [0, 0.1) is 26.7 Å². The molecule has 2 rings (SSSR count). The van der Waals surface area contributed by atoms with Gasteiger partial charge in [0.25, 0.3) is 5.91 Å². The summed E-state index contributed by atoms with van der Waals surface area (Å²) in [5.74, 6) is 0.752. The van der Waals surface area contributed by atoms with Crippen LogP contribution in [0.4, 0.5) is 11.6 Å². The minimum absolute atomic E-state index is 0.145. The number of benzene rings is 1. The molecule has 5 heteroatoms. The highest BCUT2D eigenvalue weighted by Gasteiger charge is 2.09. The van der Waals surface area contributed by atoms with Crippen molar-refractivity contribution in [1.29, 1.82) is 0 Å². The fourth-order valence-electron chi connectivity index (χ4n) is 2.40. The van der Waals surface area contributed by atoms with Gasteiger partial charge in [0.15, 0.2) is 0 Å². The van der Waals surface area contributed by atoms with Crippen LogP contribution < -0.4 is 10.6 Å². The number of carbonyl (C=O) groups is 1. The van der Waals surface area contributed by atoms with Gasteiger partial charge in [-0.15, -0.1) is 0 Å². The summed E-state index contributed by atoms with van der Waals surface area (Å²) in [5.41, 5.74) is 4.99. The molecule has 0 atom stereocenters. The number of aromatic nitrogens is 2. The molecule has 0 aliphatic heterocycles. The van der Waals surface area contributed by atoms with Gasteiger partial charge in [0.05, 0.1) is 5.56 Å². The first-order chi connectivity index (χ1) is 10.9. The molecule has 1 amide bonds. The average molecular weight is 312 g/mol. The maximum atomic E-state index is 12.0. The van der Waals surface area contributed by atoms with E-state index in [4.69, 9.17) is 0 Å². The van der Waals surface area contributed by atoms with Crippen LogP contribution in [0.15, 0.2) is 24.5 Å². The van der Waals surface area contributed by atoms with Crippen molar-refractivity contribution in [2.24, 2.45) is 5.92 Å². The van der Waals surface area contributed by atoms with E-state index in [1.54, 1.807) is 12.4 Å². The number of aryl methyl sites for hydroxylation is 3. The van der Waals surface area contributed by atoms with E-state index in [2.05, 4.69) is 67.4 Å². The topological polar surface area (TPSA) is 66.9 Å². The molecule has 5 nitrogen and oxygen atoms in total. The number of rotatable bonds is 5. The predicted octanol–water partition coefficient (Wildman–Crippen LogP) is 3.53. The first-order valence-electron chi connectivity index (χ1n) is 7.82. The van der Waals surface area contributed by atoms with Crippen LogP contribution >= 0.6 is 0 Å². The predicted molar refractivity (Wildman–Crippen MR) is 93.1 cm³/mol. The molecule has 0 aliphatic carbocycles. The van der Waals surface area contributed by atoms with Gasteiger partial charge in [-0.05, 0) is 37.8 Å². The molecule has 0 aliphatic rings. The van der Waals surface area contributed by atoms with E-state index in [1.807, 2.05) is 0 Å². The maximum Gasteiger partial charge on any atom is 0.254 e. The van der Waals surface area contributed by atoms with Crippen LogP contribution in [-0.2, 0) is 0 Å². The van der Waals surface area contributed by atoms with Gasteiger partial charge in [0, 0.05) is 24.6 Å². The third-order valence-corrected chi connectivity index (χ3v) is 3.50. The maximum absolute atomic E-state index is 12.0. The fraction of sp³-hybridized carbons (Fsp3) is 0.389. The highest BCUT2D eigenvalue weighted by molar-refractivity contribution is 5.93. The highest BCUT2D eigenvalue weighted by atomic mass is 16.1. The standard InChI is InChI=1S/C18H24N4O/c1-11(2)8-19-17(23)15-9-20-18(21-10-15)22-16-13(4)6-12(3)7-14(16)5/h6-7,9-11H,8H2,1-5H3,(H,19,23)(H,20,21,22). The zero-order valence-electron chi connectivity index (χ0n) is 14.4. The summed E-state index contributed by atoms with van der Waals surface area (Å²) in [5, 5.41) is 6.08. The molecule has 1 aromatic carbocycles. The number of hydrogen-bond donors (Lipinski definition) is 2. The summed E-state index contributed by atoms with van der Waals surface area (Å²) in [6.45, 7) is 10.9. The number of hydrogen-bond acceptors (Lipinski definition) is 4. The van der Waals surface area contributed by atoms with Gasteiger partial charge in [0.2, 0.25) is 5.95 Å². The summed E-state index contributed by atoms with van der Waals surface area (Å²) in [7, 11) is 0. The van der Waals surface area contributed by atoms with E-state index >= 15 is 0 Å². The van der Waals surface area contributed by atoms with Gasteiger partial charge in [-0.1, -0.05) is 31.5 Å². The van der Waals surface area contributed by atoms with Gasteiger partial charge in [-0.2, -0.15) is 0 Å². The van der Waals surface area contributed by atoms with E-state index < -0.39 is 0 Å². The van der Waals surface area contributed by atoms with Crippen LogP contribution in [0.5, 0.6) is 0 Å². The number of anilines is 2. The van der Waals surface area contributed by atoms with Crippen LogP contribution in [0.1, 0.15) is 40.9 Å². The molecule has 0 bridgehead atoms. The number of nitrogens with one attached hydrogen (secondary N) is 2. The summed E-state index contributed by atoms with van der Waals surface area (Å²) >= 11 is 0. The van der Waals surface area contributed by atoms with E-state index in [9.17, 15) is 4.79 Å². The van der Waals surface area contributed by atoms with Gasteiger partial charge < -0.3 is 10.6 Å². The minimum Gasteiger partial charge on any atom is -0.352 e. The Morgan fingerprint density at radius 2 is 1.65 bits per heavy atom. The molecule has 0 radical (unpaired) electrons. The zero-order chi connectivity index (χ0) is 17.0. The van der Waals surface area contributed by atoms with Gasteiger partial charge in [0.1, 0.15) is 0 Å². The van der Waals surface area contributed by atoms with Crippen molar-refractivity contribution in [3.63, 3.8) is 0 Å². The van der Waals surface area contributed by atoms with E-state index in [1.165, 1.54) is 5.56 Å². The van der Waals surface area contributed by atoms with Crippen molar-refractivity contribution in [3.05, 3.63) is 46.8 Å². The molecule has 1 aromatic heterocycles. The molecule has 0 saturated heterocycles. The SMILES string of the molecule is Cc1cc(C)c(Nc2ncc(C(=O)NCC(C)C)cn2)c(C)c1. The third kappa shape index (κ3) is 4.52. The average Bonchev–Trinajstić information content (AvgIpc) is 2.49. The Morgan fingerprint density at radius 1 is 1.09 bits per heavy atom. The molecule has 1 heterocycles. The molecular formula is C18H24N4O. The molecule has 0 spiro atoms. The number of nitrogens with zero attached hydrogens (tertiary/aromatic N) is 2. The second-order valence-corrected chi connectivity index (χ2v) is 6.30. The largest absolute Gasteiger partial charge is 0.352 e. The lowest BCUT2D eigenvalue weighted by Gasteiger charge is -2.13. The van der Waals surface area contributed by atoms with Crippen LogP contribution in [0.2, 0.25) is 0 Å². The van der Waals surface area contributed by atoms with Crippen molar-refractivity contribution in [2.45, 2.75) is 34.6 Å². The van der Waals surface area contributed by atoms with Crippen molar-refractivity contribution < 1.29 is 4.79 Å². The Bertz CT molecular complexity index is 670. The molecule has 2 aromatic rings. The van der Waals surface area contributed by atoms with Gasteiger partial charge >= 0.3 is 0 Å². The molecule has 122 valence electrons. The van der Waals surface area contributed by atoms with Crippen molar-refractivity contribution in [2.75, 3.05) is 11.9 Å². The van der Waals surface area contributed by atoms with Crippen LogP contribution in [0.3, 0.4) is 0 Å². The Kier molecular flexibility index (Phi) is 5.32. The second kappa shape index (κ2) is 7.22. The minimum atomic E-state index is -0.145. The Labute approximate surface area is 137 Å². The summed E-state index contributed by atoms with van der Waals surface area (Å²) in [6, 6.07) is 4.23. The van der Waals surface area contributed by atoms with E-state index in [0.29, 0.717) is 24.0 Å². The van der Waals surface area contributed by atoms with Gasteiger partial charge in [-0.25, -0.2) is 9.97 Å². The first kappa shape index (κ1) is 16.9. The Morgan fingerprint density at radius 3 is 2.17 bits per heavy atom. The summed E-state index contributed by atoms with van der Waals surface area (Å²) in [4.78, 5) is 20.4. The van der Waals surface area contributed by atoms with Gasteiger partial charge in [-0.3, -0.25) is 4.79 Å². The second-order valence-electron chi connectivity index (χ2n) is 6.30. The van der Waals surface area contributed by atoms with Crippen molar-refractivity contribution >= 4 is 17.5 Å². The van der Waals surface area contributed by atoms with Crippen molar-refractivity contribution in [1.82, 2.24) is 15.3 Å². The van der Waals surface area contributed by atoms with Crippen LogP contribution in [-0.4, -0.2) is 22.4 Å². The van der Waals surface area contributed by atoms with Crippen molar-refractivity contribution in [3.8, 4) is 0 Å². The lowest BCUT2D eigenvalue weighted by Crippen LogP contribution is -2.27. The molecule has 23 heavy (non-hydrogen) atoms. The van der Waals surface area contributed by atoms with E-state index in [-0.39, 0.29) is 5.91 Å². The Hall–Kier alpha value is -2.43. The molecule has 0 saturated carbocycles. The van der Waals surface area contributed by atoms with Crippen LogP contribution in [0.25, 0.3) is 0 Å². The molecule has 0 unspecified atom stereocenters. The lowest BCUT2D eigenvalue weighted by atomic mass is 10.1. The molecular weight excluding hydrogens is 288 g/mol. The molecule has 2 N–H and O–H groups in total. The number of carbonyl (C=O) groups excluding carboxylic acids is 1.